The molecule has 0 saturated carbocycles. The zero-order chi connectivity index (χ0) is 18.8. The lowest BCUT2D eigenvalue weighted by Crippen LogP contribution is -1.98. The summed E-state index contributed by atoms with van der Waals surface area (Å²) in [5.74, 6) is 2.45. The molecule has 2 aromatic heterocycles. The first-order valence-corrected chi connectivity index (χ1v) is 9.41. The van der Waals surface area contributed by atoms with Gasteiger partial charge >= 0.3 is 0 Å². The highest BCUT2D eigenvalue weighted by molar-refractivity contribution is 7.19. The Morgan fingerprint density at radius 1 is 1.07 bits per heavy atom. The number of ether oxygens (including phenoxy) is 3. The SMILES string of the molecule is COc1cc(/C=N\Nc2ncnc3sc4c(c23)CCC4)cc(OC)c1OC. The highest BCUT2D eigenvalue weighted by Crippen LogP contribution is 2.39. The molecule has 0 spiro atoms. The van der Waals surface area contributed by atoms with Gasteiger partial charge in [-0.25, -0.2) is 9.97 Å². The van der Waals surface area contributed by atoms with Crippen molar-refractivity contribution in [1.82, 2.24) is 9.97 Å². The molecule has 0 saturated heterocycles. The molecule has 140 valence electrons. The molecular formula is C19H20N4O3S. The van der Waals surface area contributed by atoms with Gasteiger partial charge in [0.2, 0.25) is 5.75 Å². The molecule has 27 heavy (non-hydrogen) atoms. The number of fused-ring (bicyclic) bond motifs is 3. The molecule has 0 atom stereocenters. The first-order chi connectivity index (χ1) is 13.2. The fourth-order valence-corrected chi connectivity index (χ4v) is 4.59. The second-order valence-electron chi connectivity index (χ2n) is 6.09. The Hall–Kier alpha value is -2.87. The lowest BCUT2D eigenvalue weighted by atomic mass is 10.2. The normalized spacial score (nSPS) is 13.1. The first-order valence-electron chi connectivity index (χ1n) is 8.59. The van der Waals surface area contributed by atoms with Gasteiger partial charge < -0.3 is 14.2 Å². The molecule has 1 N–H and O–H groups in total. The van der Waals surface area contributed by atoms with E-state index in [9.17, 15) is 0 Å². The van der Waals surface area contributed by atoms with Crippen LogP contribution in [-0.4, -0.2) is 37.5 Å². The third-order valence-corrected chi connectivity index (χ3v) is 5.77. The number of anilines is 1. The van der Waals surface area contributed by atoms with Crippen molar-refractivity contribution in [2.45, 2.75) is 19.3 Å². The van der Waals surface area contributed by atoms with Crippen LogP contribution in [0.5, 0.6) is 17.2 Å². The van der Waals surface area contributed by atoms with E-state index in [-0.39, 0.29) is 0 Å². The van der Waals surface area contributed by atoms with Gasteiger partial charge in [-0.15, -0.1) is 11.3 Å². The van der Waals surface area contributed by atoms with Crippen LogP contribution in [0.3, 0.4) is 0 Å². The maximum absolute atomic E-state index is 5.38. The summed E-state index contributed by atoms with van der Waals surface area (Å²) in [7, 11) is 4.76. The number of nitrogens with zero attached hydrogens (tertiary/aromatic N) is 3. The fourth-order valence-electron chi connectivity index (χ4n) is 3.36. The van der Waals surface area contributed by atoms with E-state index in [0.717, 1.165) is 34.4 Å². The summed E-state index contributed by atoms with van der Waals surface area (Å²) in [5, 5.41) is 5.46. The molecule has 8 heteroatoms. The largest absolute Gasteiger partial charge is 0.493 e. The summed E-state index contributed by atoms with van der Waals surface area (Å²) in [6.07, 6.45) is 6.68. The maximum atomic E-state index is 5.38. The second-order valence-corrected chi connectivity index (χ2v) is 7.17. The summed E-state index contributed by atoms with van der Waals surface area (Å²) in [6, 6.07) is 3.68. The quantitative estimate of drug-likeness (QED) is 0.516. The fraction of sp³-hybridized carbons (Fsp3) is 0.316. The van der Waals surface area contributed by atoms with E-state index in [1.807, 2.05) is 12.1 Å². The van der Waals surface area contributed by atoms with Crippen molar-refractivity contribution in [3.05, 3.63) is 34.5 Å². The van der Waals surface area contributed by atoms with E-state index in [1.165, 1.54) is 16.9 Å². The van der Waals surface area contributed by atoms with Gasteiger partial charge in [0.1, 0.15) is 11.2 Å². The Balaban J connectivity index is 1.63. The highest BCUT2D eigenvalue weighted by Gasteiger charge is 2.21. The minimum Gasteiger partial charge on any atom is -0.493 e. The number of rotatable bonds is 6. The molecule has 1 aromatic carbocycles. The number of aromatic nitrogens is 2. The van der Waals surface area contributed by atoms with E-state index in [2.05, 4.69) is 20.5 Å². The number of benzene rings is 1. The Labute approximate surface area is 161 Å². The van der Waals surface area contributed by atoms with Crippen molar-refractivity contribution in [2.24, 2.45) is 5.10 Å². The first kappa shape index (κ1) is 17.5. The Kier molecular flexibility index (Phi) is 4.81. The van der Waals surface area contributed by atoms with Gasteiger partial charge in [-0.2, -0.15) is 5.10 Å². The summed E-state index contributed by atoms with van der Waals surface area (Å²) in [5.41, 5.74) is 5.25. The summed E-state index contributed by atoms with van der Waals surface area (Å²) < 4.78 is 16.1. The van der Waals surface area contributed by atoms with Crippen molar-refractivity contribution in [2.75, 3.05) is 26.8 Å². The second kappa shape index (κ2) is 7.40. The summed E-state index contributed by atoms with van der Waals surface area (Å²) >= 11 is 1.75. The van der Waals surface area contributed by atoms with E-state index < -0.39 is 0 Å². The van der Waals surface area contributed by atoms with Gasteiger partial charge in [-0.1, -0.05) is 0 Å². The molecule has 7 nitrogen and oxygen atoms in total. The van der Waals surface area contributed by atoms with Crippen molar-refractivity contribution in [3.63, 3.8) is 0 Å². The summed E-state index contributed by atoms with van der Waals surface area (Å²) in [6.45, 7) is 0. The van der Waals surface area contributed by atoms with Gasteiger partial charge in [0.15, 0.2) is 17.3 Å². The number of hydrogen-bond donors (Lipinski definition) is 1. The number of hydrogen-bond acceptors (Lipinski definition) is 8. The minimum atomic E-state index is 0.552. The third-order valence-electron chi connectivity index (χ3n) is 4.57. The van der Waals surface area contributed by atoms with Crippen LogP contribution in [0.25, 0.3) is 10.2 Å². The predicted molar refractivity (Wildman–Crippen MR) is 107 cm³/mol. The topological polar surface area (TPSA) is 77.9 Å². The summed E-state index contributed by atoms with van der Waals surface area (Å²) in [4.78, 5) is 11.2. The van der Waals surface area contributed by atoms with Crippen LogP contribution in [0.2, 0.25) is 0 Å². The zero-order valence-electron chi connectivity index (χ0n) is 15.4. The molecule has 0 bridgehead atoms. The van der Waals surface area contributed by atoms with Crippen LogP contribution >= 0.6 is 11.3 Å². The van der Waals surface area contributed by atoms with Crippen molar-refractivity contribution in [1.29, 1.82) is 0 Å². The van der Waals surface area contributed by atoms with E-state index in [4.69, 9.17) is 14.2 Å². The third kappa shape index (κ3) is 3.16. The van der Waals surface area contributed by atoms with Crippen molar-refractivity contribution >= 4 is 33.6 Å². The number of nitrogens with one attached hydrogen (secondary N) is 1. The van der Waals surface area contributed by atoms with Crippen LogP contribution in [0.15, 0.2) is 23.6 Å². The molecule has 0 amide bonds. The Bertz CT molecular complexity index is 991. The molecule has 1 aliphatic rings. The van der Waals surface area contributed by atoms with Crippen LogP contribution < -0.4 is 19.6 Å². The van der Waals surface area contributed by atoms with E-state index in [1.54, 1.807) is 45.2 Å². The number of hydrazone groups is 1. The van der Waals surface area contributed by atoms with Crippen LogP contribution in [0.1, 0.15) is 22.4 Å². The van der Waals surface area contributed by atoms with Crippen LogP contribution in [-0.2, 0) is 12.8 Å². The van der Waals surface area contributed by atoms with E-state index >= 15 is 0 Å². The molecule has 1 aliphatic carbocycles. The minimum absolute atomic E-state index is 0.552. The van der Waals surface area contributed by atoms with Gasteiger partial charge in [-0.05, 0) is 37.0 Å². The lowest BCUT2D eigenvalue weighted by Gasteiger charge is -2.12. The molecule has 0 radical (unpaired) electrons. The van der Waals surface area contributed by atoms with Gasteiger partial charge in [0.25, 0.3) is 0 Å². The van der Waals surface area contributed by atoms with Gasteiger partial charge in [0.05, 0.1) is 32.9 Å². The molecular weight excluding hydrogens is 364 g/mol. The molecule has 2 heterocycles. The number of methoxy groups -OCH3 is 3. The van der Waals surface area contributed by atoms with Crippen molar-refractivity contribution < 1.29 is 14.2 Å². The van der Waals surface area contributed by atoms with Crippen LogP contribution in [0, 0.1) is 0 Å². The average Bonchev–Trinajstić information content (AvgIpc) is 3.28. The Morgan fingerprint density at radius 3 is 2.56 bits per heavy atom. The Morgan fingerprint density at radius 2 is 1.85 bits per heavy atom. The standard InChI is InChI=1S/C19H20N4O3S/c1-24-13-7-11(8-14(25-2)17(13)26-3)9-22-23-18-16-12-5-4-6-15(12)27-19(16)21-10-20-18/h7-10H,4-6H2,1-3H3,(H,20,21,23)/b22-9-. The van der Waals surface area contributed by atoms with Crippen LogP contribution in [0.4, 0.5) is 5.82 Å². The predicted octanol–water partition coefficient (Wildman–Crippen LogP) is 3.65. The monoisotopic (exact) mass is 384 g/mol. The molecule has 0 aliphatic heterocycles. The number of aryl methyl sites for hydroxylation is 2. The van der Waals surface area contributed by atoms with Crippen molar-refractivity contribution in [3.8, 4) is 17.2 Å². The maximum Gasteiger partial charge on any atom is 0.203 e. The molecule has 0 fully saturated rings. The van der Waals surface area contributed by atoms with E-state index in [0.29, 0.717) is 17.2 Å². The van der Waals surface area contributed by atoms with Gasteiger partial charge in [0, 0.05) is 10.4 Å². The lowest BCUT2D eigenvalue weighted by molar-refractivity contribution is 0.324. The zero-order valence-corrected chi connectivity index (χ0v) is 16.2. The average molecular weight is 384 g/mol. The smallest absolute Gasteiger partial charge is 0.203 e. The van der Waals surface area contributed by atoms with Gasteiger partial charge in [-0.3, -0.25) is 5.43 Å². The molecule has 0 unspecified atom stereocenters. The number of thiophene rings is 1. The highest BCUT2D eigenvalue weighted by atomic mass is 32.1. The molecule has 3 aromatic rings. The molecule has 4 rings (SSSR count).